The van der Waals surface area contributed by atoms with E-state index >= 15 is 0 Å². The Balaban J connectivity index is 2.07. The van der Waals surface area contributed by atoms with E-state index < -0.39 is 0 Å². The van der Waals surface area contributed by atoms with Gasteiger partial charge in [-0.3, -0.25) is 9.78 Å². The van der Waals surface area contributed by atoms with E-state index in [1.165, 1.54) is 12.3 Å². The van der Waals surface area contributed by atoms with Crippen LogP contribution in [0.5, 0.6) is 0 Å². The third-order valence-electron chi connectivity index (χ3n) is 1.83. The average molecular weight is 297 g/mol. The van der Waals surface area contributed by atoms with Gasteiger partial charge in [0.2, 0.25) is 5.95 Å². The molecule has 0 amide bonds. The van der Waals surface area contributed by atoms with Crippen molar-refractivity contribution in [3.63, 3.8) is 0 Å². The van der Waals surface area contributed by atoms with Crippen molar-refractivity contribution in [1.82, 2.24) is 9.97 Å². The lowest BCUT2D eigenvalue weighted by Gasteiger charge is -1.98. The molecule has 0 bridgehead atoms. The number of rotatable bonds is 3. The SMILES string of the molecule is Cc1cc(=O)[nH]c(N/N=C/c2ccc(Br)o2)n1. The molecule has 2 rings (SSSR count). The first-order chi connectivity index (χ1) is 8.13. The van der Waals surface area contributed by atoms with Crippen LogP contribution in [0, 0.1) is 6.92 Å². The number of nitrogens with one attached hydrogen (secondary N) is 2. The number of anilines is 1. The maximum atomic E-state index is 11.1. The maximum Gasteiger partial charge on any atom is 0.252 e. The Kier molecular flexibility index (Phi) is 3.38. The molecule has 0 radical (unpaired) electrons. The predicted octanol–water partition coefficient (Wildman–Crippen LogP) is 1.88. The first-order valence-electron chi connectivity index (χ1n) is 4.76. The molecule has 0 aliphatic carbocycles. The zero-order chi connectivity index (χ0) is 12.3. The van der Waals surface area contributed by atoms with E-state index in [-0.39, 0.29) is 11.5 Å². The van der Waals surface area contributed by atoms with Crippen molar-refractivity contribution in [3.8, 4) is 0 Å². The van der Waals surface area contributed by atoms with Crippen molar-refractivity contribution in [2.24, 2.45) is 5.10 Å². The van der Waals surface area contributed by atoms with Crippen LogP contribution in [0.15, 0.2) is 37.2 Å². The summed E-state index contributed by atoms with van der Waals surface area (Å²) >= 11 is 3.18. The van der Waals surface area contributed by atoms with Gasteiger partial charge in [0.05, 0.1) is 6.21 Å². The van der Waals surface area contributed by atoms with Crippen LogP contribution >= 0.6 is 15.9 Å². The minimum absolute atomic E-state index is 0.226. The lowest BCUT2D eigenvalue weighted by atomic mass is 10.4. The van der Waals surface area contributed by atoms with Crippen LogP contribution in [0.2, 0.25) is 0 Å². The van der Waals surface area contributed by atoms with Gasteiger partial charge in [-0.25, -0.2) is 10.4 Å². The molecule has 0 saturated heterocycles. The van der Waals surface area contributed by atoms with Crippen molar-refractivity contribution >= 4 is 28.1 Å². The summed E-state index contributed by atoms with van der Waals surface area (Å²) in [7, 11) is 0. The lowest BCUT2D eigenvalue weighted by molar-refractivity contribution is 0.534. The number of aryl methyl sites for hydroxylation is 1. The number of furan rings is 1. The third-order valence-corrected chi connectivity index (χ3v) is 2.25. The fourth-order valence-electron chi connectivity index (χ4n) is 1.19. The van der Waals surface area contributed by atoms with Crippen LogP contribution in [0.1, 0.15) is 11.5 Å². The quantitative estimate of drug-likeness (QED) is 0.669. The van der Waals surface area contributed by atoms with Gasteiger partial charge in [0, 0.05) is 11.8 Å². The highest BCUT2D eigenvalue weighted by molar-refractivity contribution is 9.10. The van der Waals surface area contributed by atoms with Gasteiger partial charge in [0.25, 0.3) is 5.56 Å². The lowest BCUT2D eigenvalue weighted by Crippen LogP contribution is -2.10. The Bertz CT molecular complexity index is 602. The predicted molar refractivity (Wildman–Crippen MR) is 67.2 cm³/mol. The molecule has 88 valence electrons. The molecular formula is C10H9BrN4O2. The van der Waals surface area contributed by atoms with Gasteiger partial charge in [-0.1, -0.05) is 0 Å². The van der Waals surface area contributed by atoms with E-state index in [0.29, 0.717) is 16.1 Å². The summed E-state index contributed by atoms with van der Waals surface area (Å²) < 4.78 is 5.83. The molecule has 6 nitrogen and oxygen atoms in total. The minimum Gasteiger partial charge on any atom is -0.448 e. The fourth-order valence-corrected chi connectivity index (χ4v) is 1.51. The number of hydrogen-bond donors (Lipinski definition) is 2. The van der Waals surface area contributed by atoms with Crippen LogP contribution in [0.4, 0.5) is 5.95 Å². The summed E-state index contributed by atoms with van der Waals surface area (Å²) in [5.41, 5.74) is 3.00. The summed E-state index contributed by atoms with van der Waals surface area (Å²) in [4.78, 5) is 17.7. The smallest absolute Gasteiger partial charge is 0.252 e. The molecule has 0 aliphatic rings. The zero-order valence-corrected chi connectivity index (χ0v) is 10.5. The summed E-state index contributed by atoms with van der Waals surface area (Å²) in [6.45, 7) is 1.73. The highest BCUT2D eigenvalue weighted by Gasteiger charge is 1.97. The number of halogens is 1. The van der Waals surface area contributed by atoms with Gasteiger partial charge in [-0.15, -0.1) is 0 Å². The van der Waals surface area contributed by atoms with Crippen molar-refractivity contribution in [2.45, 2.75) is 6.92 Å². The van der Waals surface area contributed by atoms with Gasteiger partial charge in [-0.2, -0.15) is 5.10 Å². The standard InChI is InChI=1S/C10H9BrN4O2/c1-6-4-9(16)14-10(13-6)15-12-5-7-2-3-8(11)17-7/h2-5H,1H3,(H2,13,14,15,16)/b12-5+. The Labute approximate surface area is 105 Å². The van der Waals surface area contributed by atoms with Crippen LogP contribution in [-0.4, -0.2) is 16.2 Å². The fraction of sp³-hybridized carbons (Fsp3) is 0.100. The second-order valence-electron chi connectivity index (χ2n) is 3.25. The van der Waals surface area contributed by atoms with Crippen LogP contribution in [0.25, 0.3) is 0 Å². The largest absolute Gasteiger partial charge is 0.448 e. The molecule has 0 saturated carbocycles. The van der Waals surface area contributed by atoms with Gasteiger partial charge >= 0.3 is 0 Å². The monoisotopic (exact) mass is 296 g/mol. The number of hydrogen-bond acceptors (Lipinski definition) is 5. The second kappa shape index (κ2) is 4.96. The minimum atomic E-state index is -0.226. The Morgan fingerprint density at radius 2 is 2.41 bits per heavy atom. The van der Waals surface area contributed by atoms with Crippen molar-refractivity contribution in [3.05, 3.63) is 44.7 Å². The average Bonchev–Trinajstić information content (AvgIpc) is 2.63. The van der Waals surface area contributed by atoms with Gasteiger partial charge < -0.3 is 4.42 Å². The first kappa shape index (κ1) is 11.6. The zero-order valence-electron chi connectivity index (χ0n) is 8.90. The number of hydrazone groups is 1. The Morgan fingerprint density at radius 3 is 3.06 bits per heavy atom. The normalized spacial score (nSPS) is 10.9. The number of aromatic amines is 1. The highest BCUT2D eigenvalue weighted by atomic mass is 79.9. The molecule has 2 N–H and O–H groups in total. The Morgan fingerprint density at radius 1 is 1.59 bits per heavy atom. The van der Waals surface area contributed by atoms with Crippen LogP contribution in [0.3, 0.4) is 0 Å². The summed E-state index contributed by atoms with van der Waals surface area (Å²) in [6.07, 6.45) is 1.48. The molecule has 17 heavy (non-hydrogen) atoms. The van der Waals surface area contributed by atoms with Gasteiger partial charge in [0.1, 0.15) is 5.76 Å². The molecule has 0 fully saturated rings. The maximum absolute atomic E-state index is 11.1. The van der Waals surface area contributed by atoms with Crippen LogP contribution in [-0.2, 0) is 0 Å². The van der Waals surface area contributed by atoms with E-state index in [9.17, 15) is 4.79 Å². The molecule has 2 heterocycles. The molecule has 0 unspecified atom stereocenters. The van der Waals surface area contributed by atoms with Gasteiger partial charge in [-0.05, 0) is 35.0 Å². The topological polar surface area (TPSA) is 83.3 Å². The van der Waals surface area contributed by atoms with Crippen molar-refractivity contribution in [2.75, 3.05) is 5.43 Å². The van der Waals surface area contributed by atoms with E-state index in [1.54, 1.807) is 19.1 Å². The van der Waals surface area contributed by atoms with Gasteiger partial charge in [0.15, 0.2) is 4.67 Å². The van der Waals surface area contributed by atoms with Crippen LogP contribution < -0.4 is 11.0 Å². The summed E-state index contributed by atoms with van der Waals surface area (Å²) in [6, 6.07) is 4.91. The molecule has 2 aromatic heterocycles. The van der Waals surface area contributed by atoms with E-state index in [2.05, 4.69) is 36.4 Å². The van der Waals surface area contributed by atoms with E-state index in [0.717, 1.165) is 0 Å². The second-order valence-corrected chi connectivity index (χ2v) is 4.03. The summed E-state index contributed by atoms with van der Waals surface area (Å²) in [5.74, 6) is 0.872. The van der Waals surface area contributed by atoms with Crippen molar-refractivity contribution < 1.29 is 4.42 Å². The number of aromatic nitrogens is 2. The van der Waals surface area contributed by atoms with E-state index in [1.807, 2.05) is 0 Å². The molecule has 0 atom stereocenters. The molecule has 0 spiro atoms. The molecule has 0 aliphatic heterocycles. The summed E-state index contributed by atoms with van der Waals surface area (Å²) in [5, 5.41) is 3.89. The molecule has 0 aromatic carbocycles. The number of nitrogens with zero attached hydrogens (tertiary/aromatic N) is 2. The van der Waals surface area contributed by atoms with Crippen molar-refractivity contribution in [1.29, 1.82) is 0 Å². The molecule has 2 aromatic rings. The third kappa shape index (κ3) is 3.28. The molecular weight excluding hydrogens is 288 g/mol. The highest BCUT2D eigenvalue weighted by Crippen LogP contribution is 2.12. The Hall–Kier alpha value is -1.89. The van der Waals surface area contributed by atoms with E-state index in [4.69, 9.17) is 4.42 Å². The first-order valence-corrected chi connectivity index (χ1v) is 5.55. The number of H-pyrrole nitrogens is 1. The molecule has 7 heteroatoms.